The predicted octanol–water partition coefficient (Wildman–Crippen LogP) is 1.35. The van der Waals surface area contributed by atoms with Crippen LogP contribution in [0.15, 0.2) is 22.9 Å². The highest BCUT2D eigenvalue weighted by molar-refractivity contribution is 9.10. The Balaban J connectivity index is 2.37. The molecule has 0 aliphatic carbocycles. The number of hydrogen-bond donors (Lipinski definition) is 2. The SMILES string of the molecule is O=C(NCCCCO)c1ccc(Br)nc1. The molecule has 2 N–H and O–H groups in total. The lowest BCUT2D eigenvalue weighted by atomic mass is 10.2. The van der Waals surface area contributed by atoms with Crippen LogP contribution in [0, 0.1) is 0 Å². The largest absolute Gasteiger partial charge is 0.396 e. The van der Waals surface area contributed by atoms with Crippen LogP contribution in [0.3, 0.4) is 0 Å². The Morgan fingerprint density at radius 1 is 1.47 bits per heavy atom. The number of carbonyl (C=O) groups is 1. The molecule has 82 valence electrons. The molecule has 0 saturated heterocycles. The summed E-state index contributed by atoms with van der Waals surface area (Å²) in [7, 11) is 0. The highest BCUT2D eigenvalue weighted by Crippen LogP contribution is 2.05. The molecule has 1 rings (SSSR count). The highest BCUT2D eigenvalue weighted by Gasteiger charge is 2.04. The van der Waals surface area contributed by atoms with Gasteiger partial charge in [-0.1, -0.05) is 0 Å². The summed E-state index contributed by atoms with van der Waals surface area (Å²) in [6.45, 7) is 0.741. The van der Waals surface area contributed by atoms with Gasteiger partial charge in [0, 0.05) is 19.3 Å². The Hall–Kier alpha value is -0.940. The Kier molecular flexibility index (Phi) is 5.28. The lowest BCUT2D eigenvalue weighted by molar-refractivity contribution is 0.0951. The lowest BCUT2D eigenvalue weighted by Gasteiger charge is -2.03. The first-order chi connectivity index (χ1) is 7.24. The van der Waals surface area contributed by atoms with Crippen LogP contribution in [0.4, 0.5) is 0 Å². The van der Waals surface area contributed by atoms with Gasteiger partial charge >= 0.3 is 0 Å². The third kappa shape index (κ3) is 4.40. The van der Waals surface area contributed by atoms with E-state index in [0.29, 0.717) is 23.1 Å². The Morgan fingerprint density at radius 2 is 2.27 bits per heavy atom. The molecule has 1 amide bonds. The molecule has 0 aliphatic heterocycles. The molecule has 0 atom stereocenters. The number of rotatable bonds is 5. The molecule has 0 radical (unpaired) electrons. The van der Waals surface area contributed by atoms with Gasteiger partial charge in [-0.05, 0) is 40.9 Å². The molecule has 0 spiro atoms. The molecule has 1 aromatic heterocycles. The van der Waals surface area contributed by atoms with Crippen molar-refractivity contribution in [1.29, 1.82) is 0 Å². The van der Waals surface area contributed by atoms with Crippen molar-refractivity contribution < 1.29 is 9.90 Å². The molecule has 4 nitrogen and oxygen atoms in total. The van der Waals surface area contributed by atoms with Crippen LogP contribution >= 0.6 is 15.9 Å². The maximum Gasteiger partial charge on any atom is 0.252 e. The van der Waals surface area contributed by atoms with Gasteiger partial charge in [-0.25, -0.2) is 4.98 Å². The van der Waals surface area contributed by atoms with E-state index in [1.165, 1.54) is 6.20 Å². The second-order valence-corrected chi connectivity index (χ2v) is 3.87. The van der Waals surface area contributed by atoms with E-state index in [1.54, 1.807) is 12.1 Å². The summed E-state index contributed by atoms with van der Waals surface area (Å²) >= 11 is 3.20. The molecule has 0 unspecified atom stereocenters. The number of halogens is 1. The van der Waals surface area contributed by atoms with E-state index >= 15 is 0 Å². The summed E-state index contributed by atoms with van der Waals surface area (Å²) in [5.74, 6) is -0.132. The topological polar surface area (TPSA) is 62.2 Å². The van der Waals surface area contributed by atoms with Gasteiger partial charge in [0.15, 0.2) is 0 Å². The van der Waals surface area contributed by atoms with E-state index in [0.717, 1.165) is 6.42 Å². The number of carbonyl (C=O) groups excluding carboxylic acids is 1. The molecule has 1 heterocycles. The fourth-order valence-corrected chi connectivity index (χ4v) is 1.29. The number of pyridine rings is 1. The smallest absolute Gasteiger partial charge is 0.252 e. The van der Waals surface area contributed by atoms with Gasteiger partial charge in [-0.15, -0.1) is 0 Å². The van der Waals surface area contributed by atoms with Crippen molar-refractivity contribution in [1.82, 2.24) is 10.3 Å². The van der Waals surface area contributed by atoms with Crippen LogP contribution in [-0.4, -0.2) is 29.1 Å². The van der Waals surface area contributed by atoms with E-state index in [4.69, 9.17) is 5.11 Å². The normalized spacial score (nSPS) is 10.0. The van der Waals surface area contributed by atoms with E-state index in [1.807, 2.05) is 0 Å². The third-order valence-corrected chi connectivity index (χ3v) is 2.33. The number of unbranched alkanes of at least 4 members (excludes halogenated alkanes) is 1. The second kappa shape index (κ2) is 6.53. The molecule has 0 bridgehead atoms. The first-order valence-corrected chi connectivity index (χ1v) is 5.54. The molecule has 0 saturated carbocycles. The fraction of sp³-hybridized carbons (Fsp3) is 0.400. The number of hydrogen-bond acceptors (Lipinski definition) is 3. The summed E-state index contributed by atoms with van der Waals surface area (Å²) in [4.78, 5) is 15.5. The Bertz CT molecular complexity index is 314. The minimum Gasteiger partial charge on any atom is -0.396 e. The summed E-state index contributed by atoms with van der Waals surface area (Å²) in [6, 6.07) is 3.43. The van der Waals surface area contributed by atoms with Crippen LogP contribution in [0.1, 0.15) is 23.2 Å². The van der Waals surface area contributed by atoms with Gasteiger partial charge < -0.3 is 10.4 Å². The van der Waals surface area contributed by atoms with Crippen LogP contribution in [0.5, 0.6) is 0 Å². The van der Waals surface area contributed by atoms with E-state index in [-0.39, 0.29) is 12.5 Å². The van der Waals surface area contributed by atoms with Crippen molar-refractivity contribution in [3.05, 3.63) is 28.5 Å². The maximum absolute atomic E-state index is 11.5. The summed E-state index contributed by atoms with van der Waals surface area (Å²) in [5, 5.41) is 11.3. The average molecular weight is 273 g/mol. The monoisotopic (exact) mass is 272 g/mol. The number of nitrogens with one attached hydrogen (secondary N) is 1. The van der Waals surface area contributed by atoms with Crippen molar-refractivity contribution >= 4 is 21.8 Å². The van der Waals surface area contributed by atoms with Gasteiger partial charge in [0.2, 0.25) is 0 Å². The van der Waals surface area contributed by atoms with E-state index in [2.05, 4.69) is 26.2 Å². The summed E-state index contributed by atoms with van der Waals surface area (Å²) < 4.78 is 0.708. The van der Waals surface area contributed by atoms with Crippen molar-refractivity contribution in [3.63, 3.8) is 0 Å². The standard InChI is InChI=1S/C10H13BrN2O2/c11-9-4-3-8(7-13-9)10(15)12-5-1-2-6-14/h3-4,7,14H,1-2,5-6H2,(H,12,15). The molecule has 0 fully saturated rings. The second-order valence-electron chi connectivity index (χ2n) is 3.06. The van der Waals surface area contributed by atoms with Crippen LogP contribution < -0.4 is 5.32 Å². The number of aliphatic hydroxyl groups excluding tert-OH is 1. The quantitative estimate of drug-likeness (QED) is 0.628. The molecule has 0 aliphatic rings. The zero-order chi connectivity index (χ0) is 11.1. The van der Waals surface area contributed by atoms with Crippen LogP contribution in [0.25, 0.3) is 0 Å². The van der Waals surface area contributed by atoms with Gasteiger partial charge in [-0.2, -0.15) is 0 Å². The van der Waals surface area contributed by atoms with Gasteiger partial charge in [0.1, 0.15) is 4.60 Å². The number of nitrogens with zero attached hydrogens (tertiary/aromatic N) is 1. The predicted molar refractivity (Wildman–Crippen MR) is 60.6 cm³/mol. The zero-order valence-electron chi connectivity index (χ0n) is 8.24. The summed E-state index contributed by atoms with van der Waals surface area (Å²) in [5.41, 5.74) is 0.544. The van der Waals surface area contributed by atoms with Crippen LogP contribution in [0.2, 0.25) is 0 Å². The number of amides is 1. The van der Waals surface area contributed by atoms with Crippen LogP contribution in [-0.2, 0) is 0 Å². The van der Waals surface area contributed by atoms with Crippen molar-refractivity contribution in [2.45, 2.75) is 12.8 Å². The first-order valence-electron chi connectivity index (χ1n) is 4.74. The fourth-order valence-electron chi connectivity index (χ4n) is 1.05. The van der Waals surface area contributed by atoms with E-state index < -0.39 is 0 Å². The molecule has 0 aromatic carbocycles. The van der Waals surface area contributed by atoms with Gasteiger partial charge in [0.25, 0.3) is 5.91 Å². The minimum absolute atomic E-state index is 0.132. The van der Waals surface area contributed by atoms with Crippen molar-refractivity contribution in [2.24, 2.45) is 0 Å². The third-order valence-electron chi connectivity index (χ3n) is 1.86. The molecule has 1 aromatic rings. The molecular weight excluding hydrogens is 260 g/mol. The van der Waals surface area contributed by atoms with Gasteiger partial charge in [0.05, 0.1) is 5.56 Å². The zero-order valence-corrected chi connectivity index (χ0v) is 9.83. The van der Waals surface area contributed by atoms with Crippen molar-refractivity contribution in [2.75, 3.05) is 13.2 Å². The van der Waals surface area contributed by atoms with E-state index in [9.17, 15) is 4.79 Å². The van der Waals surface area contributed by atoms with Crippen molar-refractivity contribution in [3.8, 4) is 0 Å². The Labute approximate surface area is 96.8 Å². The molecule has 5 heteroatoms. The first kappa shape index (κ1) is 12.1. The number of aromatic nitrogens is 1. The lowest BCUT2D eigenvalue weighted by Crippen LogP contribution is -2.24. The molecule has 15 heavy (non-hydrogen) atoms. The number of aliphatic hydroxyl groups is 1. The highest BCUT2D eigenvalue weighted by atomic mass is 79.9. The minimum atomic E-state index is -0.132. The Morgan fingerprint density at radius 3 is 2.87 bits per heavy atom. The molecular formula is C10H13BrN2O2. The van der Waals surface area contributed by atoms with Gasteiger partial charge in [-0.3, -0.25) is 4.79 Å². The maximum atomic E-state index is 11.5. The average Bonchev–Trinajstić information content (AvgIpc) is 2.25. The summed E-state index contributed by atoms with van der Waals surface area (Å²) in [6.07, 6.45) is 3.01.